The molecule has 0 aromatic carbocycles. The Hall–Kier alpha value is -1.98. The predicted octanol–water partition coefficient (Wildman–Crippen LogP) is -0.546. The Morgan fingerprint density at radius 1 is 1.40 bits per heavy atom. The molecule has 0 atom stereocenters. The Labute approximate surface area is 88.3 Å². The third-order valence-electron chi connectivity index (χ3n) is 1.96. The highest BCUT2D eigenvalue weighted by molar-refractivity contribution is 5.92. The van der Waals surface area contributed by atoms with Gasteiger partial charge >= 0.3 is 0 Å². The number of nitrogens with one attached hydrogen (secondary N) is 1. The van der Waals surface area contributed by atoms with E-state index in [-0.39, 0.29) is 11.9 Å². The number of rotatable bonds is 3. The van der Waals surface area contributed by atoms with Gasteiger partial charge in [0.25, 0.3) is 0 Å². The average Bonchev–Trinajstić information content (AvgIpc) is 2.50. The number of hydrogen-bond acceptors (Lipinski definition) is 1. The van der Waals surface area contributed by atoms with Crippen LogP contribution in [0.5, 0.6) is 0 Å². The molecule has 0 aliphatic rings. The highest BCUT2D eigenvalue weighted by atomic mass is 15.1. The minimum atomic E-state index is -0.0749. The molecule has 6 heteroatoms. The molecule has 82 valence electrons. The van der Waals surface area contributed by atoms with Crippen LogP contribution in [0.25, 0.3) is 0 Å². The van der Waals surface area contributed by atoms with Crippen molar-refractivity contribution in [3.05, 3.63) is 23.5 Å². The Morgan fingerprint density at radius 2 is 2.13 bits per heavy atom. The van der Waals surface area contributed by atoms with E-state index < -0.39 is 0 Å². The van der Waals surface area contributed by atoms with Gasteiger partial charge in [0.15, 0.2) is 5.96 Å². The Balaban J connectivity index is 2.46. The van der Waals surface area contributed by atoms with Crippen molar-refractivity contribution >= 4 is 11.9 Å². The number of guanidine groups is 2. The van der Waals surface area contributed by atoms with E-state index in [1.165, 1.54) is 5.56 Å². The lowest BCUT2D eigenvalue weighted by Gasteiger charge is -1.97. The molecule has 1 aromatic rings. The molecular formula is C9H16N6. The van der Waals surface area contributed by atoms with Gasteiger partial charge in [0.05, 0.1) is 0 Å². The molecule has 0 amide bonds. The van der Waals surface area contributed by atoms with E-state index in [9.17, 15) is 0 Å². The van der Waals surface area contributed by atoms with Crippen LogP contribution in [0.4, 0.5) is 0 Å². The number of aliphatic imine (C=N–C) groups is 2. The van der Waals surface area contributed by atoms with Gasteiger partial charge in [0.1, 0.15) is 0 Å². The minimum absolute atomic E-state index is 0.0749. The first kappa shape index (κ1) is 11.1. The van der Waals surface area contributed by atoms with Crippen LogP contribution in [0, 0.1) is 6.92 Å². The van der Waals surface area contributed by atoms with Crippen LogP contribution in [0.3, 0.4) is 0 Å². The molecule has 0 radical (unpaired) electrons. The van der Waals surface area contributed by atoms with Crippen LogP contribution in [0.15, 0.2) is 22.2 Å². The van der Waals surface area contributed by atoms with Gasteiger partial charge in [0.2, 0.25) is 5.96 Å². The van der Waals surface area contributed by atoms with E-state index >= 15 is 0 Å². The monoisotopic (exact) mass is 208 g/mol. The molecular weight excluding hydrogens is 192 g/mol. The lowest BCUT2D eigenvalue weighted by molar-refractivity contribution is 0.951. The molecule has 15 heavy (non-hydrogen) atoms. The minimum Gasteiger partial charge on any atom is -0.370 e. The molecule has 0 saturated carbocycles. The summed E-state index contributed by atoms with van der Waals surface area (Å²) in [6.45, 7) is 2.58. The number of H-pyrrole nitrogens is 1. The predicted molar refractivity (Wildman–Crippen MR) is 61.5 cm³/mol. The van der Waals surface area contributed by atoms with Crippen molar-refractivity contribution in [2.45, 2.75) is 13.3 Å². The molecule has 0 saturated heterocycles. The van der Waals surface area contributed by atoms with E-state index in [1.54, 1.807) is 0 Å². The van der Waals surface area contributed by atoms with Crippen molar-refractivity contribution in [1.29, 1.82) is 0 Å². The van der Waals surface area contributed by atoms with Crippen LogP contribution in [-0.4, -0.2) is 23.4 Å². The smallest absolute Gasteiger partial charge is 0.218 e. The molecule has 7 N–H and O–H groups in total. The van der Waals surface area contributed by atoms with Gasteiger partial charge < -0.3 is 22.2 Å². The van der Waals surface area contributed by atoms with Crippen LogP contribution < -0.4 is 17.2 Å². The summed E-state index contributed by atoms with van der Waals surface area (Å²) >= 11 is 0. The van der Waals surface area contributed by atoms with Crippen molar-refractivity contribution in [1.82, 2.24) is 4.98 Å². The molecule has 0 spiro atoms. The van der Waals surface area contributed by atoms with Crippen molar-refractivity contribution in [2.24, 2.45) is 27.2 Å². The van der Waals surface area contributed by atoms with E-state index in [2.05, 4.69) is 15.0 Å². The quantitative estimate of drug-likeness (QED) is 0.394. The summed E-state index contributed by atoms with van der Waals surface area (Å²) in [5.74, 6) is 0.0391. The SMILES string of the molecule is Cc1[nH]ccc1CCN=C(N)N=C(N)N. The lowest BCUT2D eigenvalue weighted by Crippen LogP contribution is -2.26. The second kappa shape index (κ2) is 5.04. The zero-order valence-electron chi connectivity index (χ0n) is 8.70. The Morgan fingerprint density at radius 3 is 2.67 bits per heavy atom. The van der Waals surface area contributed by atoms with E-state index in [1.807, 2.05) is 19.2 Å². The number of hydrogen-bond donors (Lipinski definition) is 4. The summed E-state index contributed by atoms with van der Waals surface area (Å²) in [6.07, 6.45) is 2.71. The number of aromatic amines is 1. The summed E-state index contributed by atoms with van der Waals surface area (Å²) in [5.41, 5.74) is 18.1. The van der Waals surface area contributed by atoms with Crippen molar-refractivity contribution in [2.75, 3.05) is 6.54 Å². The van der Waals surface area contributed by atoms with E-state index in [0.717, 1.165) is 12.1 Å². The van der Waals surface area contributed by atoms with Crippen LogP contribution in [-0.2, 0) is 6.42 Å². The molecule has 0 unspecified atom stereocenters. The summed E-state index contributed by atoms with van der Waals surface area (Å²) in [7, 11) is 0. The normalized spacial score (nSPS) is 11.4. The Bertz CT molecular complexity index is 372. The average molecular weight is 208 g/mol. The second-order valence-corrected chi connectivity index (χ2v) is 3.15. The first-order valence-corrected chi connectivity index (χ1v) is 4.62. The molecule has 1 heterocycles. The Kier molecular flexibility index (Phi) is 3.73. The standard InChI is InChI=1S/C9H16N6/c1-6-7(2-4-13-6)3-5-14-9(12)15-8(10)11/h2,4,13H,3,5H2,1H3,(H6,10,11,12,14,15). The zero-order chi connectivity index (χ0) is 11.3. The third kappa shape index (κ3) is 3.72. The maximum absolute atomic E-state index is 5.45. The third-order valence-corrected chi connectivity index (χ3v) is 1.96. The number of aryl methyl sites for hydroxylation is 1. The highest BCUT2D eigenvalue weighted by Gasteiger charge is 1.97. The fraction of sp³-hybridized carbons (Fsp3) is 0.333. The number of nitrogens with two attached hydrogens (primary N) is 3. The maximum Gasteiger partial charge on any atom is 0.218 e. The van der Waals surface area contributed by atoms with Gasteiger partial charge in [-0.05, 0) is 25.0 Å². The number of nitrogens with zero attached hydrogens (tertiary/aromatic N) is 2. The van der Waals surface area contributed by atoms with Crippen LogP contribution in [0.1, 0.15) is 11.3 Å². The lowest BCUT2D eigenvalue weighted by atomic mass is 10.2. The first-order chi connectivity index (χ1) is 7.09. The summed E-state index contributed by atoms with van der Waals surface area (Å²) < 4.78 is 0. The topological polar surface area (TPSA) is 119 Å². The van der Waals surface area contributed by atoms with Crippen molar-refractivity contribution in [3.63, 3.8) is 0 Å². The van der Waals surface area contributed by atoms with E-state index in [0.29, 0.717) is 6.54 Å². The molecule has 6 nitrogen and oxygen atoms in total. The van der Waals surface area contributed by atoms with Gasteiger partial charge in [-0.3, -0.25) is 4.99 Å². The molecule has 1 aromatic heterocycles. The van der Waals surface area contributed by atoms with Gasteiger partial charge in [-0.2, -0.15) is 4.99 Å². The van der Waals surface area contributed by atoms with Crippen molar-refractivity contribution in [3.8, 4) is 0 Å². The van der Waals surface area contributed by atoms with E-state index in [4.69, 9.17) is 17.2 Å². The molecule has 1 rings (SSSR count). The molecule has 0 aliphatic heterocycles. The summed E-state index contributed by atoms with van der Waals surface area (Å²) in [5, 5.41) is 0. The summed E-state index contributed by atoms with van der Waals surface area (Å²) in [6, 6.07) is 2.02. The molecule has 0 fully saturated rings. The number of aromatic nitrogens is 1. The molecule has 0 bridgehead atoms. The largest absolute Gasteiger partial charge is 0.370 e. The van der Waals surface area contributed by atoms with Crippen LogP contribution in [0.2, 0.25) is 0 Å². The zero-order valence-corrected chi connectivity index (χ0v) is 8.70. The van der Waals surface area contributed by atoms with Crippen molar-refractivity contribution < 1.29 is 0 Å². The van der Waals surface area contributed by atoms with Gasteiger partial charge in [-0.25, -0.2) is 0 Å². The summed E-state index contributed by atoms with van der Waals surface area (Å²) in [4.78, 5) is 10.7. The fourth-order valence-corrected chi connectivity index (χ4v) is 1.21. The molecule has 0 aliphatic carbocycles. The van der Waals surface area contributed by atoms with Gasteiger partial charge in [-0.15, -0.1) is 0 Å². The first-order valence-electron chi connectivity index (χ1n) is 4.62. The fourth-order valence-electron chi connectivity index (χ4n) is 1.21. The van der Waals surface area contributed by atoms with Gasteiger partial charge in [-0.1, -0.05) is 0 Å². The van der Waals surface area contributed by atoms with Crippen LogP contribution >= 0.6 is 0 Å². The van der Waals surface area contributed by atoms with Gasteiger partial charge in [0, 0.05) is 18.4 Å². The second-order valence-electron chi connectivity index (χ2n) is 3.15. The maximum atomic E-state index is 5.45. The highest BCUT2D eigenvalue weighted by Crippen LogP contribution is 2.05.